The summed E-state index contributed by atoms with van der Waals surface area (Å²) in [5.74, 6) is 1.42. The minimum absolute atomic E-state index is 0.0338. The van der Waals surface area contributed by atoms with E-state index < -0.39 is 0 Å². The molecule has 2 aliphatic rings. The van der Waals surface area contributed by atoms with Crippen molar-refractivity contribution in [3.05, 3.63) is 84.6 Å². The average molecular weight is 498 g/mol. The summed E-state index contributed by atoms with van der Waals surface area (Å²) in [6.07, 6.45) is 5.31. The number of hydrogen-bond acceptors (Lipinski definition) is 7. The number of carbonyl (C=O) groups is 1. The van der Waals surface area contributed by atoms with Crippen LogP contribution < -0.4 is 14.7 Å². The number of halogens is 1. The fourth-order valence-corrected chi connectivity index (χ4v) is 5.11. The summed E-state index contributed by atoms with van der Waals surface area (Å²) in [5.41, 5.74) is 1.70. The molecule has 6 rings (SSSR count). The summed E-state index contributed by atoms with van der Waals surface area (Å²) < 4.78 is 13.3. The van der Waals surface area contributed by atoms with Gasteiger partial charge in [-0.2, -0.15) is 0 Å². The Morgan fingerprint density at radius 2 is 1.38 bits per heavy atom. The first-order chi connectivity index (χ1) is 18.2. The summed E-state index contributed by atoms with van der Waals surface area (Å²) in [4.78, 5) is 35.3. The maximum absolute atomic E-state index is 13.4. The van der Waals surface area contributed by atoms with Crippen molar-refractivity contribution in [1.29, 1.82) is 0 Å². The number of amides is 1. The molecule has 1 amide bonds. The molecule has 0 N–H and O–H groups in total. The minimum Gasteiger partial charge on any atom is -0.368 e. The quantitative estimate of drug-likeness (QED) is 0.428. The molecule has 0 bridgehead atoms. The van der Waals surface area contributed by atoms with Crippen LogP contribution in [0.4, 0.5) is 21.8 Å². The highest BCUT2D eigenvalue weighted by atomic mass is 19.1. The number of pyridine rings is 1. The molecular weight excluding hydrogens is 469 g/mol. The Balaban J connectivity index is 1.16. The average Bonchev–Trinajstić information content (AvgIpc) is 2.97. The summed E-state index contributed by atoms with van der Waals surface area (Å²) in [7, 11) is 0. The number of rotatable bonds is 4. The molecule has 2 aromatic carbocycles. The number of fused-ring (bicyclic) bond motifs is 1. The molecule has 4 aromatic rings. The van der Waals surface area contributed by atoms with E-state index in [0.717, 1.165) is 48.5 Å². The second-order valence-electron chi connectivity index (χ2n) is 9.35. The lowest BCUT2D eigenvalue weighted by molar-refractivity contribution is 0.0746. The van der Waals surface area contributed by atoms with E-state index in [-0.39, 0.29) is 11.7 Å². The zero-order valence-corrected chi connectivity index (χ0v) is 20.5. The first-order valence-corrected chi connectivity index (χ1v) is 12.6. The predicted octanol–water partition coefficient (Wildman–Crippen LogP) is 3.45. The van der Waals surface area contributed by atoms with Crippen LogP contribution in [0.15, 0.2) is 73.2 Å². The Labute approximate surface area is 215 Å². The summed E-state index contributed by atoms with van der Waals surface area (Å²) in [5, 5.41) is 2.05. The van der Waals surface area contributed by atoms with Crippen LogP contribution in [0.5, 0.6) is 0 Å². The van der Waals surface area contributed by atoms with Gasteiger partial charge in [-0.3, -0.25) is 4.79 Å². The largest absolute Gasteiger partial charge is 0.368 e. The number of carbonyl (C=O) groups excluding carboxylic acids is 1. The van der Waals surface area contributed by atoms with Crippen LogP contribution in [-0.2, 0) is 0 Å². The van der Waals surface area contributed by atoms with Crippen LogP contribution in [0.3, 0.4) is 0 Å². The molecule has 0 atom stereocenters. The summed E-state index contributed by atoms with van der Waals surface area (Å²) >= 11 is 0. The number of aromatic nitrogens is 3. The lowest BCUT2D eigenvalue weighted by Gasteiger charge is -2.37. The standard InChI is InChI=1S/C28H28FN7O/c29-23-4-6-24(7-5-23)33-12-14-34(15-13-33)26-25-20-22(3-2-21(25)8-11-30-26)27(37)35-16-18-36(19-17-35)28-31-9-1-10-32-28/h1-11,20H,12-19H2. The molecule has 0 radical (unpaired) electrons. The fraction of sp³-hybridized carbons (Fsp3) is 0.286. The van der Waals surface area contributed by atoms with Crippen LogP contribution in [0, 0.1) is 5.82 Å². The summed E-state index contributed by atoms with van der Waals surface area (Å²) in [6, 6.07) is 16.3. The molecule has 2 saturated heterocycles. The molecule has 0 unspecified atom stereocenters. The van der Waals surface area contributed by atoms with Crippen LogP contribution in [-0.4, -0.2) is 78.1 Å². The van der Waals surface area contributed by atoms with Gasteiger partial charge in [0.2, 0.25) is 5.95 Å². The third-order valence-electron chi connectivity index (χ3n) is 7.16. The zero-order chi connectivity index (χ0) is 25.2. The van der Waals surface area contributed by atoms with E-state index in [4.69, 9.17) is 4.98 Å². The topological polar surface area (TPSA) is 68.7 Å². The zero-order valence-electron chi connectivity index (χ0n) is 20.5. The first kappa shape index (κ1) is 23.1. The van der Waals surface area contributed by atoms with Crippen molar-refractivity contribution in [3.8, 4) is 0 Å². The number of benzene rings is 2. The smallest absolute Gasteiger partial charge is 0.253 e. The predicted molar refractivity (Wildman–Crippen MR) is 143 cm³/mol. The Kier molecular flexibility index (Phi) is 6.26. The van der Waals surface area contributed by atoms with Crippen molar-refractivity contribution in [2.75, 3.05) is 67.1 Å². The van der Waals surface area contributed by atoms with E-state index in [2.05, 4.69) is 24.7 Å². The molecule has 8 nitrogen and oxygen atoms in total. The minimum atomic E-state index is -0.222. The Hall–Kier alpha value is -4.27. The van der Waals surface area contributed by atoms with Gasteiger partial charge in [-0.15, -0.1) is 0 Å². The number of nitrogens with zero attached hydrogens (tertiary/aromatic N) is 7. The van der Waals surface area contributed by atoms with Crippen molar-refractivity contribution in [1.82, 2.24) is 19.9 Å². The molecular formula is C28H28FN7O. The first-order valence-electron chi connectivity index (χ1n) is 12.6. The second kappa shape index (κ2) is 10.0. The van der Waals surface area contributed by atoms with E-state index in [9.17, 15) is 9.18 Å². The van der Waals surface area contributed by atoms with Gasteiger partial charge in [0.05, 0.1) is 0 Å². The normalized spacial score (nSPS) is 16.4. The third-order valence-corrected chi connectivity index (χ3v) is 7.16. The highest BCUT2D eigenvalue weighted by Crippen LogP contribution is 2.28. The molecule has 2 aliphatic heterocycles. The monoisotopic (exact) mass is 497 g/mol. The molecule has 188 valence electrons. The maximum Gasteiger partial charge on any atom is 0.253 e. The fourth-order valence-electron chi connectivity index (χ4n) is 5.11. The van der Waals surface area contributed by atoms with E-state index in [0.29, 0.717) is 37.7 Å². The second-order valence-corrected chi connectivity index (χ2v) is 9.35. The van der Waals surface area contributed by atoms with Gasteiger partial charge in [-0.25, -0.2) is 19.3 Å². The van der Waals surface area contributed by atoms with Gasteiger partial charge >= 0.3 is 0 Å². The van der Waals surface area contributed by atoms with Crippen molar-refractivity contribution in [3.63, 3.8) is 0 Å². The van der Waals surface area contributed by atoms with Gasteiger partial charge in [0.15, 0.2) is 0 Å². The van der Waals surface area contributed by atoms with Crippen molar-refractivity contribution in [2.45, 2.75) is 0 Å². The number of hydrogen-bond donors (Lipinski definition) is 0. The van der Waals surface area contributed by atoms with Gasteiger partial charge in [0.1, 0.15) is 11.6 Å². The molecule has 0 saturated carbocycles. The van der Waals surface area contributed by atoms with E-state index in [1.54, 1.807) is 18.5 Å². The number of piperazine rings is 2. The molecule has 2 aromatic heterocycles. The number of anilines is 3. The highest BCUT2D eigenvalue weighted by molar-refractivity contribution is 6.01. The van der Waals surface area contributed by atoms with Crippen LogP contribution in [0.1, 0.15) is 10.4 Å². The van der Waals surface area contributed by atoms with Crippen LogP contribution in [0.25, 0.3) is 10.8 Å². The Morgan fingerprint density at radius 3 is 2.11 bits per heavy atom. The van der Waals surface area contributed by atoms with Gasteiger partial charge < -0.3 is 19.6 Å². The third kappa shape index (κ3) is 4.76. The molecule has 0 aliphatic carbocycles. The Morgan fingerprint density at radius 1 is 0.703 bits per heavy atom. The van der Waals surface area contributed by atoms with Crippen LogP contribution in [0.2, 0.25) is 0 Å². The van der Waals surface area contributed by atoms with Gasteiger partial charge in [0, 0.05) is 87.6 Å². The highest BCUT2D eigenvalue weighted by Gasteiger charge is 2.25. The van der Waals surface area contributed by atoms with Crippen molar-refractivity contribution in [2.24, 2.45) is 0 Å². The molecule has 2 fully saturated rings. The van der Waals surface area contributed by atoms with E-state index >= 15 is 0 Å². The van der Waals surface area contributed by atoms with Crippen LogP contribution >= 0.6 is 0 Å². The molecule has 37 heavy (non-hydrogen) atoms. The van der Waals surface area contributed by atoms with Gasteiger partial charge in [-0.05, 0) is 53.9 Å². The summed E-state index contributed by atoms with van der Waals surface area (Å²) in [6.45, 7) is 5.88. The lowest BCUT2D eigenvalue weighted by Crippen LogP contribution is -2.49. The maximum atomic E-state index is 13.4. The van der Waals surface area contributed by atoms with E-state index in [1.807, 2.05) is 47.5 Å². The van der Waals surface area contributed by atoms with Crippen molar-refractivity contribution >= 4 is 34.1 Å². The van der Waals surface area contributed by atoms with Gasteiger partial charge in [0.25, 0.3) is 5.91 Å². The molecule has 0 spiro atoms. The SMILES string of the molecule is O=C(c1ccc2ccnc(N3CCN(c4ccc(F)cc4)CC3)c2c1)N1CCN(c2ncccn2)CC1. The molecule has 9 heteroatoms. The Bertz CT molecular complexity index is 1380. The molecule has 4 heterocycles. The van der Waals surface area contributed by atoms with E-state index in [1.165, 1.54) is 12.1 Å². The van der Waals surface area contributed by atoms with Gasteiger partial charge in [-0.1, -0.05) is 6.07 Å². The van der Waals surface area contributed by atoms with Crippen molar-refractivity contribution < 1.29 is 9.18 Å². The lowest BCUT2D eigenvalue weighted by atomic mass is 10.1.